The second-order valence-corrected chi connectivity index (χ2v) is 8.03. The number of halogens is 1. The molecule has 10 nitrogen and oxygen atoms in total. The van der Waals surface area contributed by atoms with Gasteiger partial charge < -0.3 is 20.9 Å². The maximum Gasteiger partial charge on any atom is 0.255 e. The summed E-state index contributed by atoms with van der Waals surface area (Å²) in [5.74, 6) is 1.04. The van der Waals surface area contributed by atoms with Gasteiger partial charge in [0.25, 0.3) is 5.91 Å². The lowest BCUT2D eigenvalue weighted by atomic mass is 10.1. The van der Waals surface area contributed by atoms with Crippen LogP contribution < -0.4 is 16.4 Å². The molecule has 0 atom stereocenters. The maximum absolute atomic E-state index is 13.5. The van der Waals surface area contributed by atoms with Gasteiger partial charge in [-0.15, -0.1) is 0 Å². The molecule has 0 aliphatic carbocycles. The van der Waals surface area contributed by atoms with E-state index in [4.69, 9.17) is 5.73 Å². The van der Waals surface area contributed by atoms with E-state index < -0.39 is 6.67 Å². The smallest absolute Gasteiger partial charge is 0.255 e. The molecule has 3 heterocycles. The first-order valence-corrected chi connectivity index (χ1v) is 11.0. The second kappa shape index (κ2) is 9.66. The highest BCUT2D eigenvalue weighted by Crippen LogP contribution is 2.23. The Morgan fingerprint density at radius 3 is 2.69 bits per heavy atom. The summed E-state index contributed by atoms with van der Waals surface area (Å²) < 4.78 is 17.0. The highest BCUT2D eigenvalue weighted by Gasteiger charge is 2.12. The van der Waals surface area contributed by atoms with Crippen molar-refractivity contribution < 1.29 is 9.18 Å². The first kappa shape index (κ1) is 22.7. The molecule has 0 aliphatic heterocycles. The molecule has 1 amide bonds. The molecule has 2 aromatic carbocycles. The van der Waals surface area contributed by atoms with E-state index in [0.717, 1.165) is 5.69 Å². The summed E-state index contributed by atoms with van der Waals surface area (Å²) in [5.41, 5.74) is 9.23. The zero-order chi connectivity index (χ0) is 25.1. The number of anilines is 4. The van der Waals surface area contributed by atoms with Crippen molar-refractivity contribution in [1.82, 2.24) is 29.1 Å². The van der Waals surface area contributed by atoms with Crippen LogP contribution in [0.25, 0.3) is 11.5 Å². The van der Waals surface area contributed by atoms with Gasteiger partial charge in [-0.2, -0.15) is 0 Å². The third-order valence-corrected chi connectivity index (χ3v) is 5.34. The van der Waals surface area contributed by atoms with E-state index in [-0.39, 0.29) is 5.91 Å². The molecule has 0 bridgehead atoms. The van der Waals surface area contributed by atoms with Gasteiger partial charge in [0, 0.05) is 47.3 Å². The first-order chi connectivity index (χ1) is 17.5. The fraction of sp³-hybridized carbons (Fsp3) is 0.0800. The Labute approximate surface area is 205 Å². The number of nitrogens with zero attached hydrogens (tertiary/aromatic N) is 6. The number of carbonyl (C=O) groups is 1. The van der Waals surface area contributed by atoms with Crippen molar-refractivity contribution in [2.45, 2.75) is 13.6 Å². The molecule has 0 saturated heterocycles. The lowest BCUT2D eigenvalue weighted by Crippen LogP contribution is -2.13. The van der Waals surface area contributed by atoms with Crippen LogP contribution in [0, 0.1) is 6.92 Å². The summed E-state index contributed by atoms with van der Waals surface area (Å²) in [6, 6.07) is 13.7. The Morgan fingerprint density at radius 2 is 1.92 bits per heavy atom. The fourth-order valence-electron chi connectivity index (χ4n) is 3.67. The summed E-state index contributed by atoms with van der Waals surface area (Å²) in [6.45, 7) is 1.17. The minimum atomic E-state index is -0.689. The van der Waals surface area contributed by atoms with Gasteiger partial charge in [0.1, 0.15) is 24.6 Å². The van der Waals surface area contributed by atoms with Crippen LogP contribution in [-0.2, 0) is 6.67 Å². The number of aromatic nitrogens is 6. The van der Waals surface area contributed by atoms with Gasteiger partial charge >= 0.3 is 0 Å². The molecule has 0 radical (unpaired) electrons. The molecular weight excluding hydrogens is 461 g/mol. The largest absolute Gasteiger partial charge is 0.384 e. The van der Waals surface area contributed by atoms with Gasteiger partial charge in [-0.3, -0.25) is 9.36 Å². The highest BCUT2D eigenvalue weighted by atomic mass is 19.1. The van der Waals surface area contributed by atoms with Gasteiger partial charge in [-0.1, -0.05) is 6.07 Å². The van der Waals surface area contributed by atoms with E-state index in [0.29, 0.717) is 45.8 Å². The molecule has 0 aliphatic rings. The van der Waals surface area contributed by atoms with Crippen molar-refractivity contribution in [2.24, 2.45) is 0 Å². The van der Waals surface area contributed by atoms with Crippen LogP contribution in [0.4, 0.5) is 27.5 Å². The Balaban J connectivity index is 1.36. The van der Waals surface area contributed by atoms with Crippen LogP contribution in [-0.4, -0.2) is 35.0 Å². The minimum Gasteiger partial charge on any atom is -0.384 e. The molecule has 4 N–H and O–H groups in total. The highest BCUT2D eigenvalue weighted by molar-refractivity contribution is 6.05. The summed E-state index contributed by atoms with van der Waals surface area (Å²) in [7, 11) is 0. The average Bonchev–Trinajstić information content (AvgIpc) is 3.53. The Hall–Kier alpha value is -5.06. The molecule has 5 rings (SSSR count). The zero-order valence-electron chi connectivity index (χ0n) is 19.3. The van der Waals surface area contributed by atoms with Crippen molar-refractivity contribution in [3.63, 3.8) is 0 Å². The third kappa shape index (κ3) is 4.89. The lowest BCUT2D eigenvalue weighted by Gasteiger charge is -2.12. The van der Waals surface area contributed by atoms with Gasteiger partial charge in [0.15, 0.2) is 0 Å². The van der Waals surface area contributed by atoms with Crippen LogP contribution >= 0.6 is 0 Å². The predicted octanol–water partition coefficient (Wildman–Crippen LogP) is 4.20. The van der Waals surface area contributed by atoms with Crippen molar-refractivity contribution in [3.8, 4) is 11.5 Å². The van der Waals surface area contributed by atoms with E-state index in [1.807, 2.05) is 19.2 Å². The van der Waals surface area contributed by atoms with E-state index in [9.17, 15) is 9.18 Å². The molecular formula is C25H22FN9O. The number of rotatable bonds is 7. The maximum atomic E-state index is 13.5. The number of nitrogens with two attached hydrogens (primary N) is 1. The molecule has 36 heavy (non-hydrogen) atoms. The molecule has 5 aromatic rings. The standard InChI is InChI=1S/C25H22FN9O/c1-16-13-34(15-31-16)21-8-17(12-26)7-18(9-21)24(36)32-19-3-2-4-20(10-19)33-25-28-5-6-35(25)23-11-22(27)29-14-30-23/h2-11,13-15H,12H2,1H3,(H,28,33)(H,32,36)(H2,27,29,30). The number of nitrogens with one attached hydrogen (secondary N) is 2. The van der Waals surface area contributed by atoms with Crippen molar-refractivity contribution >= 4 is 29.0 Å². The van der Waals surface area contributed by atoms with Crippen molar-refractivity contribution in [1.29, 1.82) is 0 Å². The first-order valence-electron chi connectivity index (χ1n) is 11.0. The van der Waals surface area contributed by atoms with Crippen LogP contribution in [0.1, 0.15) is 21.6 Å². The van der Waals surface area contributed by atoms with E-state index in [2.05, 4.69) is 30.6 Å². The van der Waals surface area contributed by atoms with Crippen LogP contribution in [0.15, 0.2) is 79.8 Å². The number of imidazole rings is 2. The Bertz CT molecular complexity index is 1540. The second-order valence-electron chi connectivity index (χ2n) is 8.03. The SMILES string of the molecule is Cc1cn(-c2cc(CF)cc(C(=O)Nc3cccc(Nc4nccn4-c4cc(N)ncn4)c3)c2)cn1. The number of amides is 1. The topological polar surface area (TPSA) is 129 Å². The summed E-state index contributed by atoms with van der Waals surface area (Å²) >= 11 is 0. The number of nitrogen functional groups attached to an aromatic ring is 1. The van der Waals surface area contributed by atoms with Gasteiger partial charge in [-0.05, 0) is 48.9 Å². The number of benzene rings is 2. The average molecular weight is 484 g/mol. The van der Waals surface area contributed by atoms with E-state index in [1.54, 1.807) is 64.3 Å². The Morgan fingerprint density at radius 1 is 1.06 bits per heavy atom. The minimum absolute atomic E-state index is 0.335. The van der Waals surface area contributed by atoms with Crippen LogP contribution in [0.3, 0.4) is 0 Å². The normalized spacial score (nSPS) is 10.8. The monoisotopic (exact) mass is 483 g/mol. The molecule has 3 aromatic heterocycles. The molecule has 0 saturated carbocycles. The van der Waals surface area contributed by atoms with Crippen molar-refractivity contribution in [3.05, 3.63) is 96.6 Å². The number of carbonyl (C=O) groups excluding carboxylic acids is 1. The summed E-state index contributed by atoms with van der Waals surface area (Å²) in [4.78, 5) is 29.7. The van der Waals surface area contributed by atoms with E-state index in [1.165, 1.54) is 12.4 Å². The van der Waals surface area contributed by atoms with Crippen LogP contribution in [0.5, 0.6) is 0 Å². The third-order valence-electron chi connectivity index (χ3n) is 5.34. The van der Waals surface area contributed by atoms with Gasteiger partial charge in [-0.25, -0.2) is 24.3 Å². The van der Waals surface area contributed by atoms with Gasteiger partial charge in [0.2, 0.25) is 5.95 Å². The molecule has 0 fully saturated rings. The fourth-order valence-corrected chi connectivity index (χ4v) is 3.67. The number of hydrogen-bond donors (Lipinski definition) is 3. The van der Waals surface area contributed by atoms with Crippen molar-refractivity contribution in [2.75, 3.05) is 16.4 Å². The van der Waals surface area contributed by atoms with E-state index >= 15 is 0 Å². The molecule has 180 valence electrons. The number of alkyl halides is 1. The number of aryl methyl sites for hydroxylation is 1. The molecule has 0 unspecified atom stereocenters. The zero-order valence-corrected chi connectivity index (χ0v) is 19.3. The number of hydrogen-bond acceptors (Lipinski definition) is 7. The molecule has 11 heteroatoms. The van der Waals surface area contributed by atoms with Gasteiger partial charge in [0.05, 0.1) is 12.0 Å². The molecule has 0 spiro atoms. The predicted molar refractivity (Wildman–Crippen MR) is 134 cm³/mol. The summed E-state index contributed by atoms with van der Waals surface area (Å²) in [6.07, 6.45) is 8.19. The summed E-state index contributed by atoms with van der Waals surface area (Å²) in [5, 5.41) is 6.09. The quantitative estimate of drug-likeness (QED) is 0.316. The lowest BCUT2D eigenvalue weighted by molar-refractivity contribution is 0.102. The van der Waals surface area contributed by atoms with Crippen LogP contribution in [0.2, 0.25) is 0 Å². The Kier molecular flexibility index (Phi) is 6.10.